The summed E-state index contributed by atoms with van der Waals surface area (Å²) in [7, 11) is -15.0. The number of rotatable bonds is 14. The average molecular weight is 964 g/mol. The number of benzene rings is 3. The van der Waals surface area contributed by atoms with Gasteiger partial charge in [-0.2, -0.15) is 0 Å². The molecule has 0 spiro atoms. The SMILES string of the molecule is CC1(C)CCC(CN2CCN(c3ccc(C(=O)NS(=O)(=O)c4ccc(NCC5CCOCC5)c(CS(F)(F)(F)(F)F)c4)c(Oc4cnc5[nH]ccc5c4)c3)CC2)=C(c2ccc(Cl)cc2)C1. The molecule has 2 aliphatic heterocycles. The van der Waals surface area contributed by atoms with Gasteiger partial charge >= 0.3 is 0 Å². The first-order valence-electron chi connectivity index (χ1n) is 21.5. The van der Waals surface area contributed by atoms with Crippen LogP contribution in [0, 0.1) is 11.3 Å². The molecule has 0 unspecified atom stereocenters. The molecule has 0 saturated carbocycles. The van der Waals surface area contributed by atoms with Gasteiger partial charge < -0.3 is 24.7 Å². The minimum Gasteiger partial charge on any atom is -0.455 e. The quantitative estimate of drug-likeness (QED) is 0.0932. The van der Waals surface area contributed by atoms with E-state index in [1.807, 2.05) is 16.9 Å². The summed E-state index contributed by atoms with van der Waals surface area (Å²) in [5.41, 5.74) is 4.01. The maximum atomic E-state index is 13.9. The van der Waals surface area contributed by atoms with E-state index in [0.29, 0.717) is 67.0 Å². The van der Waals surface area contributed by atoms with Gasteiger partial charge in [-0.15, -0.1) is 0 Å². The topological polar surface area (TPSA) is 129 Å². The van der Waals surface area contributed by atoms with Gasteiger partial charge in [-0.3, -0.25) is 9.69 Å². The maximum Gasteiger partial charge on any atom is 0.289 e. The number of fused-ring (bicyclic) bond motifs is 1. The summed E-state index contributed by atoms with van der Waals surface area (Å²) < 4.78 is 111. The van der Waals surface area contributed by atoms with Gasteiger partial charge in [-0.1, -0.05) is 62.6 Å². The molecule has 3 aromatic carbocycles. The number of carbonyl (C=O) groups excluding carboxylic acids is 1. The van der Waals surface area contributed by atoms with Crippen LogP contribution >= 0.6 is 21.8 Å². The Bertz CT molecular complexity index is 2720. The second kappa shape index (κ2) is 17.4. The molecule has 0 radical (unpaired) electrons. The first-order chi connectivity index (χ1) is 30.5. The second-order valence-corrected chi connectivity index (χ2v) is 22.7. The fraction of sp³-hybridized carbons (Fsp3) is 0.391. The third kappa shape index (κ3) is 12.1. The molecule has 5 aromatic rings. The van der Waals surface area contributed by atoms with Crippen LogP contribution in [-0.4, -0.2) is 81.7 Å². The number of piperazine rings is 1. The standard InChI is InChI=1S/C46H52ClF5N6O5S2/c1-46(2)15-11-34(41(26-46)32-3-5-36(47)6-4-32)29-57-17-19-58(20-18-57)37-7-9-40(43(25-37)63-38-23-33-12-16-53-44(33)55-28-38)45(59)56-64(60,61)39-8-10-42(54-27-31-13-21-62-22-14-31)35(24-39)30-65(48,49,50,51)52/h3-10,12,16,23-25,28,31,54H,11,13-15,17-22,26-27,29-30H2,1-2H3,(H,53,55)(H,56,59). The minimum atomic E-state index is -10.1. The van der Waals surface area contributed by atoms with E-state index < -0.39 is 42.4 Å². The third-order valence-electron chi connectivity index (χ3n) is 12.3. The number of aromatic nitrogens is 2. The molecule has 0 atom stereocenters. The summed E-state index contributed by atoms with van der Waals surface area (Å²) in [5.74, 6) is -3.53. The van der Waals surface area contributed by atoms with E-state index in [-0.39, 0.29) is 40.6 Å². The van der Waals surface area contributed by atoms with Gasteiger partial charge in [0.2, 0.25) is 0 Å². The monoisotopic (exact) mass is 962 g/mol. The van der Waals surface area contributed by atoms with E-state index in [1.165, 1.54) is 29.0 Å². The van der Waals surface area contributed by atoms with Crippen LogP contribution in [0.1, 0.15) is 67.4 Å². The zero-order valence-corrected chi connectivity index (χ0v) is 38.4. The number of aromatic amines is 1. The third-order valence-corrected chi connectivity index (χ3v) is 14.7. The molecule has 2 saturated heterocycles. The molecular formula is C46H52ClF5N6O5S2. The van der Waals surface area contributed by atoms with Gasteiger partial charge in [0.15, 0.2) is 0 Å². The molecule has 8 rings (SSSR count). The number of pyridine rings is 1. The molecule has 3 aliphatic rings. The Morgan fingerprint density at radius 1 is 0.969 bits per heavy atom. The summed E-state index contributed by atoms with van der Waals surface area (Å²) in [5, 5.41) is 4.21. The zero-order chi connectivity index (χ0) is 46.3. The number of nitrogens with one attached hydrogen (secondary N) is 3. The van der Waals surface area contributed by atoms with Gasteiger partial charge in [-0.25, -0.2) is 18.1 Å². The maximum absolute atomic E-state index is 13.9. The van der Waals surface area contributed by atoms with Crippen molar-refractivity contribution in [2.45, 2.75) is 56.6 Å². The van der Waals surface area contributed by atoms with Crippen molar-refractivity contribution >= 4 is 65.7 Å². The van der Waals surface area contributed by atoms with Crippen LogP contribution in [0.25, 0.3) is 16.6 Å². The number of amides is 1. The van der Waals surface area contributed by atoms with Crippen LogP contribution in [0.2, 0.25) is 5.02 Å². The number of allylic oxidation sites excluding steroid dienone is 1. The van der Waals surface area contributed by atoms with Gasteiger partial charge in [0, 0.05) is 86.5 Å². The average Bonchev–Trinajstić information content (AvgIpc) is 3.72. The van der Waals surface area contributed by atoms with Crippen molar-refractivity contribution in [3.8, 4) is 11.5 Å². The number of hydrogen-bond acceptors (Lipinski definition) is 9. The van der Waals surface area contributed by atoms with E-state index >= 15 is 0 Å². The number of hydrogen-bond donors (Lipinski definition) is 3. The Morgan fingerprint density at radius 2 is 1.71 bits per heavy atom. The highest BCUT2D eigenvalue weighted by Gasteiger charge is 2.63. The molecule has 0 bridgehead atoms. The number of anilines is 2. The van der Waals surface area contributed by atoms with E-state index in [2.05, 4.69) is 51.1 Å². The van der Waals surface area contributed by atoms with Crippen LogP contribution in [0.4, 0.5) is 30.8 Å². The van der Waals surface area contributed by atoms with Crippen LogP contribution < -0.4 is 19.7 Å². The fourth-order valence-corrected chi connectivity index (χ4v) is 10.7. The van der Waals surface area contributed by atoms with Crippen molar-refractivity contribution in [3.05, 3.63) is 112 Å². The summed E-state index contributed by atoms with van der Waals surface area (Å²) in [4.78, 5) is 25.1. The lowest BCUT2D eigenvalue weighted by Gasteiger charge is -2.41. The van der Waals surface area contributed by atoms with E-state index in [4.69, 9.17) is 21.1 Å². The van der Waals surface area contributed by atoms with Crippen molar-refractivity contribution in [1.29, 1.82) is 0 Å². The van der Waals surface area contributed by atoms with Crippen molar-refractivity contribution in [2.24, 2.45) is 11.3 Å². The summed E-state index contributed by atoms with van der Waals surface area (Å²) in [6.07, 6.45) is 7.45. The van der Waals surface area contributed by atoms with Crippen molar-refractivity contribution < 1.29 is 42.1 Å². The molecule has 65 heavy (non-hydrogen) atoms. The number of halogens is 6. The van der Waals surface area contributed by atoms with Crippen LogP contribution in [0.15, 0.2) is 95.7 Å². The molecule has 350 valence electrons. The highest BCUT2D eigenvalue weighted by molar-refractivity contribution is 8.45. The fourth-order valence-electron chi connectivity index (χ4n) is 8.74. The van der Waals surface area contributed by atoms with Crippen molar-refractivity contribution in [1.82, 2.24) is 19.6 Å². The van der Waals surface area contributed by atoms with Gasteiger partial charge in [0.1, 0.15) is 22.9 Å². The normalized spacial score (nSPS) is 18.9. The molecule has 4 heterocycles. The van der Waals surface area contributed by atoms with Crippen LogP contribution in [-0.2, 0) is 20.5 Å². The van der Waals surface area contributed by atoms with E-state index in [0.717, 1.165) is 51.0 Å². The number of H-pyrrole nitrogens is 1. The number of nitrogens with zero attached hydrogens (tertiary/aromatic N) is 3. The Kier molecular flexibility index (Phi) is 12.5. The minimum absolute atomic E-state index is 0.00818. The van der Waals surface area contributed by atoms with Crippen molar-refractivity contribution in [3.63, 3.8) is 0 Å². The zero-order valence-electron chi connectivity index (χ0n) is 36.0. The summed E-state index contributed by atoms with van der Waals surface area (Å²) in [6.45, 7) is 9.30. The highest BCUT2D eigenvalue weighted by atomic mass is 35.5. The smallest absolute Gasteiger partial charge is 0.289 e. The van der Waals surface area contributed by atoms with E-state index in [9.17, 15) is 32.6 Å². The van der Waals surface area contributed by atoms with Crippen molar-refractivity contribution in [2.75, 3.05) is 62.7 Å². The number of carbonyl (C=O) groups is 1. The van der Waals surface area contributed by atoms with Crippen LogP contribution in [0.5, 0.6) is 11.5 Å². The molecule has 2 aromatic heterocycles. The highest BCUT2D eigenvalue weighted by Crippen LogP contribution is 2.99. The molecule has 2 fully saturated rings. The Labute approximate surface area is 380 Å². The molecule has 3 N–H and O–H groups in total. The molecule has 1 aliphatic carbocycles. The predicted molar refractivity (Wildman–Crippen MR) is 247 cm³/mol. The number of sulfonamides is 1. The second-order valence-electron chi connectivity index (χ2n) is 18.0. The predicted octanol–water partition coefficient (Wildman–Crippen LogP) is 11.6. The molecule has 11 nitrogen and oxygen atoms in total. The first kappa shape index (κ1) is 46.6. The lowest BCUT2D eigenvalue weighted by Crippen LogP contribution is -2.47. The molecule has 1 amide bonds. The Balaban J connectivity index is 1.03. The van der Waals surface area contributed by atoms with Crippen LogP contribution in [0.3, 0.4) is 0 Å². The van der Waals surface area contributed by atoms with E-state index in [1.54, 1.807) is 30.5 Å². The number of ether oxygens (including phenoxy) is 2. The largest absolute Gasteiger partial charge is 0.455 e. The van der Waals surface area contributed by atoms with Gasteiger partial charge in [-0.05, 0) is 115 Å². The first-order valence-corrected chi connectivity index (χ1v) is 25.5. The van der Waals surface area contributed by atoms with Gasteiger partial charge in [0.25, 0.3) is 26.2 Å². The Hall–Kier alpha value is -4.88. The molecule has 19 heteroatoms. The lowest BCUT2D eigenvalue weighted by molar-refractivity contribution is 0.0699. The molecular weight excluding hydrogens is 911 g/mol. The lowest BCUT2D eigenvalue weighted by atomic mass is 9.72. The van der Waals surface area contributed by atoms with Gasteiger partial charge in [0.05, 0.1) is 16.7 Å². The summed E-state index contributed by atoms with van der Waals surface area (Å²) >= 11 is 6.22. The summed E-state index contributed by atoms with van der Waals surface area (Å²) in [6, 6.07) is 18.7. The Morgan fingerprint density at radius 3 is 2.43 bits per heavy atom.